The number of ether oxygens (including phenoxy) is 3. The Hall–Kier alpha value is -1.75. The minimum absolute atomic E-state index is 0.312. The number of carbonyl (C=O) groups is 1. The third-order valence-corrected chi connectivity index (χ3v) is 3.13. The van der Waals surface area contributed by atoms with Crippen LogP contribution in [0.4, 0.5) is 0 Å². The molecule has 0 spiro atoms. The summed E-state index contributed by atoms with van der Waals surface area (Å²) in [6.45, 7) is 2.77. The normalized spacial score (nSPS) is 16.6. The zero-order valence-corrected chi connectivity index (χ0v) is 11.1. The monoisotopic (exact) mass is 266 g/mol. The van der Waals surface area contributed by atoms with Crippen LogP contribution in [-0.2, 0) is 9.53 Å². The molecule has 0 bridgehead atoms. The second-order valence-corrected chi connectivity index (χ2v) is 4.58. The van der Waals surface area contributed by atoms with Crippen molar-refractivity contribution in [2.75, 3.05) is 20.3 Å². The maximum atomic E-state index is 11.3. The van der Waals surface area contributed by atoms with Crippen LogP contribution >= 0.6 is 0 Å². The second-order valence-electron chi connectivity index (χ2n) is 4.58. The van der Waals surface area contributed by atoms with Crippen molar-refractivity contribution in [3.05, 3.63) is 23.8 Å². The van der Waals surface area contributed by atoms with Crippen molar-refractivity contribution in [3.8, 4) is 11.5 Å². The van der Waals surface area contributed by atoms with Gasteiger partial charge in [-0.25, -0.2) is 0 Å². The Morgan fingerprint density at radius 2 is 2.05 bits per heavy atom. The van der Waals surface area contributed by atoms with Crippen molar-refractivity contribution in [1.29, 1.82) is 0 Å². The van der Waals surface area contributed by atoms with Crippen LogP contribution in [0, 0.1) is 5.92 Å². The van der Waals surface area contributed by atoms with Crippen LogP contribution in [0.25, 0.3) is 0 Å². The predicted molar refractivity (Wildman–Crippen MR) is 68.2 cm³/mol. The molecule has 1 aliphatic rings. The van der Waals surface area contributed by atoms with E-state index in [-0.39, 0.29) is 11.9 Å². The summed E-state index contributed by atoms with van der Waals surface area (Å²) in [4.78, 5) is 11.3. The smallest absolute Gasteiger partial charge is 0.308 e. The lowest BCUT2D eigenvalue weighted by Crippen LogP contribution is -2.17. The zero-order chi connectivity index (χ0) is 13.8. The summed E-state index contributed by atoms with van der Waals surface area (Å²) in [6, 6.07) is 5.31. The lowest BCUT2D eigenvalue weighted by atomic mass is 9.98. The van der Waals surface area contributed by atoms with E-state index in [1.54, 1.807) is 25.1 Å². The maximum absolute atomic E-state index is 11.3. The van der Waals surface area contributed by atoms with Crippen molar-refractivity contribution in [2.24, 2.45) is 5.92 Å². The van der Waals surface area contributed by atoms with Gasteiger partial charge in [0.15, 0.2) is 11.5 Å². The number of carbonyl (C=O) groups excluding carboxylic acids is 1. The Balaban J connectivity index is 2.07. The van der Waals surface area contributed by atoms with Crippen molar-refractivity contribution >= 4 is 5.97 Å². The Bertz CT molecular complexity index is 457. The largest absolute Gasteiger partial charge is 0.486 e. The van der Waals surface area contributed by atoms with E-state index in [0.717, 1.165) is 0 Å². The molecule has 19 heavy (non-hydrogen) atoms. The number of methoxy groups -OCH3 is 1. The molecule has 5 nitrogen and oxygen atoms in total. The highest BCUT2D eigenvalue weighted by molar-refractivity contribution is 5.71. The van der Waals surface area contributed by atoms with Crippen molar-refractivity contribution in [3.63, 3.8) is 0 Å². The first-order valence-corrected chi connectivity index (χ1v) is 6.27. The van der Waals surface area contributed by atoms with Crippen LogP contribution in [0.5, 0.6) is 11.5 Å². The molecule has 1 aromatic rings. The van der Waals surface area contributed by atoms with Gasteiger partial charge in [0, 0.05) is 0 Å². The van der Waals surface area contributed by atoms with E-state index in [1.807, 2.05) is 0 Å². The zero-order valence-electron chi connectivity index (χ0n) is 11.1. The molecule has 0 amide bonds. The average Bonchev–Trinajstić information content (AvgIpc) is 2.45. The summed E-state index contributed by atoms with van der Waals surface area (Å²) in [5, 5.41) is 10.1. The molecule has 2 unspecified atom stereocenters. The summed E-state index contributed by atoms with van der Waals surface area (Å²) in [6.07, 6.45) is -0.420. The lowest BCUT2D eigenvalue weighted by Gasteiger charge is -2.21. The molecule has 0 saturated heterocycles. The van der Waals surface area contributed by atoms with Gasteiger partial charge in [0.25, 0.3) is 0 Å². The maximum Gasteiger partial charge on any atom is 0.308 e. The highest BCUT2D eigenvalue weighted by atomic mass is 16.6. The van der Waals surface area contributed by atoms with Gasteiger partial charge in [-0.3, -0.25) is 4.79 Å². The van der Waals surface area contributed by atoms with E-state index >= 15 is 0 Å². The van der Waals surface area contributed by atoms with Gasteiger partial charge in [-0.15, -0.1) is 0 Å². The highest BCUT2D eigenvalue weighted by Crippen LogP contribution is 2.34. The third kappa shape index (κ3) is 3.17. The first-order chi connectivity index (χ1) is 9.11. The number of fused-ring (bicyclic) bond motifs is 1. The van der Waals surface area contributed by atoms with Crippen LogP contribution < -0.4 is 9.47 Å². The first-order valence-electron chi connectivity index (χ1n) is 6.27. The van der Waals surface area contributed by atoms with E-state index in [1.165, 1.54) is 7.11 Å². The minimum Gasteiger partial charge on any atom is -0.486 e. The fourth-order valence-electron chi connectivity index (χ4n) is 2.04. The van der Waals surface area contributed by atoms with E-state index in [0.29, 0.717) is 36.7 Å². The van der Waals surface area contributed by atoms with E-state index < -0.39 is 6.10 Å². The molecule has 2 rings (SSSR count). The molecular formula is C14H18O5. The van der Waals surface area contributed by atoms with Crippen LogP contribution in [-0.4, -0.2) is 31.4 Å². The fourth-order valence-corrected chi connectivity index (χ4v) is 2.04. The van der Waals surface area contributed by atoms with Gasteiger partial charge in [0.05, 0.1) is 19.1 Å². The number of aliphatic hydroxyl groups excluding tert-OH is 1. The molecular weight excluding hydrogens is 248 g/mol. The molecule has 5 heteroatoms. The van der Waals surface area contributed by atoms with Crippen molar-refractivity contribution in [2.45, 2.75) is 19.4 Å². The molecule has 0 saturated carbocycles. The molecule has 0 radical (unpaired) electrons. The van der Waals surface area contributed by atoms with Gasteiger partial charge < -0.3 is 19.3 Å². The average molecular weight is 266 g/mol. The Morgan fingerprint density at radius 1 is 1.37 bits per heavy atom. The van der Waals surface area contributed by atoms with Gasteiger partial charge in [0.2, 0.25) is 0 Å². The second kappa shape index (κ2) is 5.93. The van der Waals surface area contributed by atoms with Crippen LogP contribution in [0.2, 0.25) is 0 Å². The molecule has 0 aliphatic carbocycles. The minimum atomic E-state index is -0.732. The Labute approximate surface area is 112 Å². The molecule has 2 atom stereocenters. The van der Waals surface area contributed by atoms with Gasteiger partial charge >= 0.3 is 5.97 Å². The number of esters is 1. The van der Waals surface area contributed by atoms with Crippen LogP contribution in [0.3, 0.4) is 0 Å². The number of aliphatic hydroxyl groups is 1. The molecule has 0 aromatic heterocycles. The Kier molecular flexibility index (Phi) is 4.27. The molecule has 1 aromatic carbocycles. The van der Waals surface area contributed by atoms with Crippen molar-refractivity contribution < 1.29 is 24.1 Å². The summed E-state index contributed by atoms with van der Waals surface area (Å²) in [5.74, 6) is 0.640. The number of benzene rings is 1. The molecule has 1 heterocycles. The fraction of sp³-hybridized carbons (Fsp3) is 0.500. The lowest BCUT2D eigenvalue weighted by molar-refractivity contribution is -0.145. The van der Waals surface area contributed by atoms with Gasteiger partial charge in [-0.05, 0) is 24.1 Å². The summed E-state index contributed by atoms with van der Waals surface area (Å²) < 4.78 is 15.5. The first kappa shape index (κ1) is 13.7. The van der Waals surface area contributed by atoms with Crippen LogP contribution in [0.1, 0.15) is 25.0 Å². The van der Waals surface area contributed by atoms with Gasteiger partial charge in [-0.1, -0.05) is 13.0 Å². The summed E-state index contributed by atoms with van der Waals surface area (Å²) in [5.41, 5.74) is 0.708. The molecule has 1 aliphatic heterocycles. The number of hydrogen-bond donors (Lipinski definition) is 1. The van der Waals surface area contributed by atoms with E-state index in [2.05, 4.69) is 4.74 Å². The SMILES string of the molecule is COC(=O)C(C)CC(O)c1ccc2c(c1)OCCO2. The Morgan fingerprint density at radius 3 is 2.74 bits per heavy atom. The standard InChI is InChI=1S/C14H18O5/c1-9(14(16)17-2)7-11(15)10-3-4-12-13(8-10)19-6-5-18-12/h3-4,8-9,11,15H,5-7H2,1-2H3. The summed E-state index contributed by atoms with van der Waals surface area (Å²) >= 11 is 0. The van der Waals surface area contributed by atoms with Gasteiger partial charge in [0.1, 0.15) is 13.2 Å². The third-order valence-electron chi connectivity index (χ3n) is 3.13. The van der Waals surface area contributed by atoms with Gasteiger partial charge in [-0.2, -0.15) is 0 Å². The van der Waals surface area contributed by atoms with E-state index in [9.17, 15) is 9.90 Å². The highest BCUT2D eigenvalue weighted by Gasteiger charge is 2.21. The molecule has 104 valence electrons. The number of rotatable bonds is 4. The summed E-state index contributed by atoms with van der Waals surface area (Å²) in [7, 11) is 1.34. The molecule has 1 N–H and O–H groups in total. The van der Waals surface area contributed by atoms with Crippen molar-refractivity contribution in [1.82, 2.24) is 0 Å². The topological polar surface area (TPSA) is 65.0 Å². The molecule has 0 fully saturated rings. The van der Waals surface area contributed by atoms with E-state index in [4.69, 9.17) is 9.47 Å². The van der Waals surface area contributed by atoms with Crippen LogP contribution in [0.15, 0.2) is 18.2 Å². The number of hydrogen-bond acceptors (Lipinski definition) is 5. The quantitative estimate of drug-likeness (QED) is 0.840. The predicted octanol–water partition coefficient (Wildman–Crippen LogP) is 1.69.